The minimum absolute atomic E-state index is 0.0713. The number of nitrogens with zero attached hydrogens (tertiary/aromatic N) is 6. The number of hydrogen-bond donors (Lipinski definition) is 0. The van der Waals surface area contributed by atoms with Crippen LogP contribution in [-0.2, 0) is 14.4 Å². The topological polar surface area (TPSA) is 154 Å². The van der Waals surface area contributed by atoms with Crippen molar-refractivity contribution in [3.8, 4) is 0 Å². The van der Waals surface area contributed by atoms with Gasteiger partial charge in [0.15, 0.2) is 0 Å². The number of isocyanates is 3. The first-order chi connectivity index (χ1) is 21.3. The van der Waals surface area contributed by atoms with Crippen LogP contribution in [0.5, 0.6) is 0 Å². The highest BCUT2D eigenvalue weighted by Crippen LogP contribution is 2.38. The summed E-state index contributed by atoms with van der Waals surface area (Å²) in [5, 5.41) is 0. The van der Waals surface area contributed by atoms with E-state index in [1.54, 1.807) is 18.2 Å². The van der Waals surface area contributed by atoms with Gasteiger partial charge in [-0.15, -0.1) is 0 Å². The van der Waals surface area contributed by atoms with E-state index in [2.05, 4.69) is 15.0 Å². The molecule has 0 saturated heterocycles. The van der Waals surface area contributed by atoms with Crippen LogP contribution >= 0.6 is 0 Å². The zero-order chi connectivity index (χ0) is 31.8. The molecule has 0 radical (unpaired) electrons. The molecule has 3 saturated carbocycles. The van der Waals surface area contributed by atoms with E-state index < -0.39 is 35.2 Å². The molecule has 1 aromatic rings. The van der Waals surface area contributed by atoms with Crippen molar-refractivity contribution in [1.29, 1.82) is 0 Å². The molecule has 4 rings (SSSR count). The van der Waals surface area contributed by atoms with Crippen molar-refractivity contribution in [2.75, 3.05) is 0 Å². The van der Waals surface area contributed by atoms with Crippen LogP contribution in [0.2, 0.25) is 0 Å². The Morgan fingerprint density at radius 2 is 0.932 bits per heavy atom. The van der Waals surface area contributed by atoms with E-state index in [-0.39, 0.29) is 35.9 Å². The Morgan fingerprint density at radius 1 is 0.591 bits per heavy atom. The lowest BCUT2D eigenvalue weighted by molar-refractivity contribution is 0.170. The number of carbonyl (C=O) groups excluding carboxylic acids is 3. The Balaban J connectivity index is 1.89. The molecule has 1 aromatic heterocycles. The molecule has 44 heavy (non-hydrogen) atoms. The third-order valence-electron chi connectivity index (χ3n) is 10.7. The lowest BCUT2D eigenvalue weighted by Crippen LogP contribution is -2.59. The molecule has 1 heterocycles. The van der Waals surface area contributed by atoms with Gasteiger partial charge in [-0.1, -0.05) is 33.1 Å². The molecular weight excluding hydrogens is 564 g/mol. The van der Waals surface area contributed by atoms with Crippen LogP contribution in [0.25, 0.3) is 0 Å². The molecule has 0 aromatic carbocycles. The Bertz CT molecular complexity index is 1390. The summed E-state index contributed by atoms with van der Waals surface area (Å²) in [5.41, 5.74) is -1.82. The van der Waals surface area contributed by atoms with Crippen molar-refractivity contribution in [2.24, 2.45) is 32.7 Å². The van der Waals surface area contributed by atoms with E-state index in [0.29, 0.717) is 32.1 Å². The average Bonchev–Trinajstić information content (AvgIpc) is 3.02. The summed E-state index contributed by atoms with van der Waals surface area (Å²) in [6.45, 7) is 5.73. The summed E-state index contributed by atoms with van der Waals surface area (Å²) < 4.78 is 3.90. The molecule has 9 atom stereocenters. The van der Waals surface area contributed by atoms with Crippen molar-refractivity contribution in [3.63, 3.8) is 0 Å². The van der Waals surface area contributed by atoms with Crippen molar-refractivity contribution < 1.29 is 14.4 Å². The molecule has 0 bridgehead atoms. The highest BCUT2D eigenvalue weighted by atomic mass is 16.2. The minimum Gasteiger partial charge on any atom is -0.247 e. The van der Waals surface area contributed by atoms with Crippen LogP contribution in [0.3, 0.4) is 0 Å². The highest BCUT2D eigenvalue weighted by molar-refractivity contribution is 5.34. The molecule has 12 heteroatoms. The SMILES string of the molecule is CCC(C1CCCC(N=C=O)C1)n1c(=O)n(C(C)C2CCCC(N=C=O)C2)c(=O)n(C(CC)C2CCCC(N=C=O)C2)c1=O. The van der Waals surface area contributed by atoms with E-state index in [0.717, 1.165) is 57.8 Å². The van der Waals surface area contributed by atoms with Crippen LogP contribution in [-0.4, -0.2) is 50.1 Å². The van der Waals surface area contributed by atoms with E-state index in [4.69, 9.17) is 0 Å². The van der Waals surface area contributed by atoms with Gasteiger partial charge in [0.25, 0.3) is 0 Å². The van der Waals surface area contributed by atoms with Crippen LogP contribution in [0.4, 0.5) is 0 Å². The lowest BCUT2D eigenvalue weighted by Gasteiger charge is -2.37. The maximum absolute atomic E-state index is 14.5. The minimum atomic E-state index is -0.612. The van der Waals surface area contributed by atoms with Crippen molar-refractivity contribution in [1.82, 2.24) is 13.7 Å². The predicted molar refractivity (Wildman–Crippen MR) is 164 cm³/mol. The highest BCUT2D eigenvalue weighted by Gasteiger charge is 2.37. The van der Waals surface area contributed by atoms with E-state index in [1.807, 2.05) is 20.8 Å². The van der Waals surface area contributed by atoms with Crippen molar-refractivity contribution >= 4 is 18.2 Å². The van der Waals surface area contributed by atoms with Gasteiger partial charge in [0.1, 0.15) is 0 Å². The molecule has 0 aliphatic heterocycles. The fraction of sp³-hybridized carbons (Fsp3) is 0.812. The molecule has 9 unspecified atom stereocenters. The Hall–Kier alpha value is -3.45. The summed E-state index contributed by atoms with van der Waals surface area (Å²) in [6.07, 6.45) is 14.7. The van der Waals surface area contributed by atoms with Crippen LogP contribution in [0, 0.1) is 17.8 Å². The Kier molecular flexibility index (Phi) is 11.8. The van der Waals surface area contributed by atoms with Crippen molar-refractivity contribution in [3.05, 3.63) is 31.5 Å². The molecule has 0 spiro atoms. The van der Waals surface area contributed by atoms with Gasteiger partial charge in [-0.05, 0) is 95.3 Å². The molecule has 3 aliphatic carbocycles. The van der Waals surface area contributed by atoms with Gasteiger partial charge in [0.05, 0.1) is 18.1 Å². The quantitative estimate of drug-likeness (QED) is 0.269. The van der Waals surface area contributed by atoms with Gasteiger partial charge in [0.2, 0.25) is 18.2 Å². The fourth-order valence-electron chi connectivity index (χ4n) is 8.49. The zero-order valence-electron chi connectivity index (χ0n) is 26.2. The summed E-state index contributed by atoms with van der Waals surface area (Å²) in [6, 6.07) is -2.09. The summed E-state index contributed by atoms with van der Waals surface area (Å²) in [4.78, 5) is 88.3. The van der Waals surface area contributed by atoms with Gasteiger partial charge >= 0.3 is 17.1 Å². The average molecular weight is 611 g/mol. The van der Waals surface area contributed by atoms with E-state index in [1.165, 1.54) is 13.7 Å². The maximum Gasteiger partial charge on any atom is 0.336 e. The first-order valence-electron chi connectivity index (χ1n) is 16.5. The second-order valence-corrected chi connectivity index (χ2v) is 13.1. The third-order valence-corrected chi connectivity index (χ3v) is 10.7. The monoisotopic (exact) mass is 610 g/mol. The van der Waals surface area contributed by atoms with Crippen molar-refractivity contribution in [2.45, 2.75) is 147 Å². The van der Waals surface area contributed by atoms with Crippen LogP contribution in [0.15, 0.2) is 29.4 Å². The van der Waals surface area contributed by atoms with Gasteiger partial charge in [-0.25, -0.2) is 57.4 Å². The zero-order valence-corrected chi connectivity index (χ0v) is 26.2. The Labute approximate surface area is 257 Å². The molecule has 12 nitrogen and oxygen atoms in total. The van der Waals surface area contributed by atoms with E-state index in [9.17, 15) is 28.8 Å². The second-order valence-electron chi connectivity index (χ2n) is 13.1. The fourth-order valence-corrected chi connectivity index (χ4v) is 8.49. The van der Waals surface area contributed by atoms with Gasteiger partial charge in [-0.3, -0.25) is 0 Å². The number of aromatic nitrogens is 3. The molecule has 0 N–H and O–H groups in total. The summed E-state index contributed by atoms with van der Waals surface area (Å²) >= 11 is 0. The largest absolute Gasteiger partial charge is 0.336 e. The summed E-state index contributed by atoms with van der Waals surface area (Å²) in [7, 11) is 0. The summed E-state index contributed by atoms with van der Waals surface area (Å²) in [5.74, 6) is -0.228. The van der Waals surface area contributed by atoms with E-state index >= 15 is 0 Å². The maximum atomic E-state index is 14.5. The second kappa shape index (κ2) is 15.5. The standard InChI is InChI=1S/C32H46N6O6/c1-4-28(23-10-7-13-26(16-23)34-19-40)37-30(42)36(21(3)22-9-6-12-25(15-22)33-18-39)31(43)38(32(37)44)29(5-2)24-11-8-14-27(17-24)35-20-41/h21-29H,4-17H2,1-3H3. The smallest absolute Gasteiger partial charge is 0.247 e. The number of hydrogen-bond acceptors (Lipinski definition) is 9. The molecule has 3 aliphatic rings. The predicted octanol–water partition coefficient (Wildman–Crippen LogP) is 4.32. The lowest BCUT2D eigenvalue weighted by atomic mass is 9.80. The molecule has 3 fully saturated rings. The normalized spacial score (nSPS) is 29.2. The third kappa shape index (κ3) is 7.09. The van der Waals surface area contributed by atoms with Gasteiger partial charge < -0.3 is 0 Å². The molecular formula is C32H46N6O6. The first kappa shape index (κ1) is 33.4. The number of rotatable bonds is 11. The number of aliphatic imine (C=N–C) groups is 3. The van der Waals surface area contributed by atoms with Gasteiger partial charge in [-0.2, -0.15) is 0 Å². The van der Waals surface area contributed by atoms with Crippen LogP contribution in [0.1, 0.15) is 129 Å². The Morgan fingerprint density at radius 3 is 1.30 bits per heavy atom. The first-order valence-corrected chi connectivity index (χ1v) is 16.5. The molecule has 0 amide bonds. The van der Waals surface area contributed by atoms with Crippen LogP contribution < -0.4 is 17.1 Å². The van der Waals surface area contributed by atoms with Gasteiger partial charge in [0, 0.05) is 18.1 Å². The molecule has 240 valence electrons.